The third-order valence-corrected chi connectivity index (χ3v) is 6.23. The van der Waals surface area contributed by atoms with Gasteiger partial charge in [0.25, 0.3) is 10.2 Å². The van der Waals surface area contributed by atoms with Gasteiger partial charge in [-0.15, -0.1) is 0 Å². The number of aryl methyl sites for hydroxylation is 3. The van der Waals surface area contributed by atoms with E-state index >= 15 is 0 Å². The number of aromatic nitrogens is 2. The van der Waals surface area contributed by atoms with Gasteiger partial charge in [0.05, 0.1) is 6.61 Å². The zero-order valence-electron chi connectivity index (χ0n) is 20.2. The van der Waals surface area contributed by atoms with Crippen molar-refractivity contribution in [2.24, 2.45) is 0 Å². The molecule has 0 fully saturated rings. The molecule has 1 heterocycles. The molecule has 10 heteroatoms. The summed E-state index contributed by atoms with van der Waals surface area (Å²) in [5, 5.41) is 6.58. The van der Waals surface area contributed by atoms with Crippen LogP contribution < -0.4 is 24.8 Å². The summed E-state index contributed by atoms with van der Waals surface area (Å²) >= 11 is 0. The minimum Gasteiger partial charge on any atom is -0.493 e. The first kappa shape index (κ1) is 25.4. The van der Waals surface area contributed by atoms with Crippen LogP contribution in [-0.4, -0.2) is 31.5 Å². The molecule has 0 saturated carbocycles. The smallest absolute Gasteiger partial charge is 0.277 e. The van der Waals surface area contributed by atoms with E-state index in [4.69, 9.17) is 4.74 Å². The summed E-state index contributed by atoms with van der Waals surface area (Å²) in [5.41, 5.74) is 5.32. The van der Waals surface area contributed by atoms with Crippen LogP contribution in [0.25, 0.3) is 0 Å². The van der Waals surface area contributed by atoms with Gasteiger partial charge >= 0.3 is 0 Å². The average Bonchev–Trinajstić information content (AvgIpc) is 2.78. The molecular weight excluding hydrogens is 452 g/mol. The number of benzene rings is 2. The van der Waals surface area contributed by atoms with Crippen molar-refractivity contribution in [1.29, 1.82) is 0 Å². The molecule has 0 radical (unpaired) electrons. The number of ether oxygens (including phenoxy) is 1. The van der Waals surface area contributed by atoms with E-state index < -0.39 is 10.2 Å². The Hall–Kier alpha value is -3.21. The minimum absolute atomic E-state index is 0.137. The second-order valence-electron chi connectivity index (χ2n) is 7.83. The molecule has 182 valence electrons. The molecule has 0 saturated heterocycles. The summed E-state index contributed by atoms with van der Waals surface area (Å²) < 4.78 is 34.6. The maximum Gasteiger partial charge on any atom is 0.277 e. The van der Waals surface area contributed by atoms with Gasteiger partial charge in [0.15, 0.2) is 0 Å². The van der Waals surface area contributed by atoms with E-state index in [2.05, 4.69) is 30.0 Å². The molecule has 1 aromatic heterocycles. The molecule has 9 nitrogen and oxygen atoms in total. The summed E-state index contributed by atoms with van der Waals surface area (Å²) in [5.74, 6) is 1.96. The highest BCUT2D eigenvalue weighted by Gasteiger charge is 2.12. The van der Waals surface area contributed by atoms with Crippen LogP contribution in [-0.2, 0) is 16.8 Å². The van der Waals surface area contributed by atoms with Crippen LogP contribution in [0.4, 0.5) is 23.1 Å². The fourth-order valence-electron chi connectivity index (χ4n) is 3.49. The quantitative estimate of drug-likeness (QED) is 0.322. The first-order valence-electron chi connectivity index (χ1n) is 11.2. The lowest BCUT2D eigenvalue weighted by Gasteiger charge is -2.16. The number of hydrogen-bond acceptors (Lipinski definition) is 7. The van der Waals surface area contributed by atoms with Crippen molar-refractivity contribution >= 4 is 33.4 Å². The van der Waals surface area contributed by atoms with Crippen molar-refractivity contribution in [3.63, 3.8) is 0 Å². The van der Waals surface area contributed by atoms with Crippen LogP contribution in [0.3, 0.4) is 0 Å². The Kier molecular flexibility index (Phi) is 8.43. The first-order chi connectivity index (χ1) is 16.2. The zero-order valence-corrected chi connectivity index (χ0v) is 21.0. The normalized spacial score (nSPS) is 11.3. The molecule has 3 aromatic rings. The van der Waals surface area contributed by atoms with Crippen LogP contribution in [0.2, 0.25) is 0 Å². The highest BCUT2D eigenvalue weighted by atomic mass is 32.2. The van der Waals surface area contributed by atoms with Crippen molar-refractivity contribution in [3.8, 4) is 5.75 Å². The summed E-state index contributed by atoms with van der Waals surface area (Å²) in [6, 6.07) is 11.5. The largest absolute Gasteiger partial charge is 0.493 e. The fourth-order valence-corrected chi connectivity index (χ4v) is 4.32. The van der Waals surface area contributed by atoms with E-state index in [0.717, 1.165) is 39.4 Å². The van der Waals surface area contributed by atoms with Gasteiger partial charge in [0.1, 0.15) is 11.6 Å². The van der Waals surface area contributed by atoms with Crippen molar-refractivity contribution in [2.75, 3.05) is 23.8 Å². The Bertz CT molecular complexity index is 1220. The lowest BCUT2D eigenvalue weighted by molar-refractivity contribution is 0.335. The van der Waals surface area contributed by atoms with E-state index in [-0.39, 0.29) is 6.54 Å². The van der Waals surface area contributed by atoms with E-state index in [9.17, 15) is 8.42 Å². The lowest BCUT2D eigenvalue weighted by Crippen LogP contribution is -2.35. The molecule has 0 atom stereocenters. The Morgan fingerprint density at radius 3 is 2.32 bits per heavy atom. The summed E-state index contributed by atoms with van der Waals surface area (Å²) in [7, 11) is -3.56. The maximum absolute atomic E-state index is 12.0. The number of nitrogens with zero attached hydrogens (tertiary/aromatic N) is 2. The standard InChI is InChI=1S/C24H32N6O3S/c1-6-26-34(31,32)27-15-19-10-8-9-11-21(19)29-23-18(5)14-25-24(30-23)28-20-12-16(3)22(33-7-2)17(4)13-20/h8-14,26-27H,6-7,15H2,1-5H3,(H2,25,28,29,30). The molecular formula is C24H32N6O3S. The van der Waals surface area contributed by atoms with Gasteiger partial charge in [-0.1, -0.05) is 25.1 Å². The predicted octanol–water partition coefficient (Wildman–Crippen LogP) is 4.23. The summed E-state index contributed by atoms with van der Waals surface area (Å²) in [6.45, 7) is 10.7. The second-order valence-corrected chi connectivity index (χ2v) is 9.41. The molecule has 0 aliphatic heterocycles. The maximum atomic E-state index is 12.0. The molecule has 0 bridgehead atoms. The van der Waals surface area contributed by atoms with Gasteiger partial charge in [0, 0.05) is 36.2 Å². The molecule has 0 spiro atoms. The Labute approximate surface area is 201 Å². The number of nitrogens with one attached hydrogen (secondary N) is 4. The SMILES string of the molecule is CCNS(=O)(=O)NCc1ccccc1Nc1nc(Nc2cc(C)c(OCC)c(C)c2)ncc1C. The van der Waals surface area contributed by atoms with Crippen molar-refractivity contribution in [1.82, 2.24) is 19.4 Å². The fraction of sp³-hybridized carbons (Fsp3) is 0.333. The molecule has 0 unspecified atom stereocenters. The monoisotopic (exact) mass is 484 g/mol. The van der Waals surface area contributed by atoms with E-state index in [0.29, 0.717) is 24.9 Å². The van der Waals surface area contributed by atoms with Crippen molar-refractivity contribution in [2.45, 2.75) is 41.2 Å². The number of anilines is 4. The van der Waals surface area contributed by atoms with Crippen molar-refractivity contribution < 1.29 is 13.2 Å². The zero-order chi connectivity index (χ0) is 24.7. The summed E-state index contributed by atoms with van der Waals surface area (Å²) in [4.78, 5) is 9.06. The van der Waals surface area contributed by atoms with Crippen LogP contribution in [0, 0.1) is 20.8 Å². The minimum atomic E-state index is -3.56. The van der Waals surface area contributed by atoms with Crippen LogP contribution >= 0.6 is 0 Å². The van der Waals surface area contributed by atoms with Crippen LogP contribution in [0.1, 0.15) is 36.1 Å². The van der Waals surface area contributed by atoms with E-state index in [1.807, 2.05) is 64.1 Å². The average molecular weight is 485 g/mol. The highest BCUT2D eigenvalue weighted by Crippen LogP contribution is 2.29. The number of hydrogen-bond donors (Lipinski definition) is 4. The topological polar surface area (TPSA) is 117 Å². The Morgan fingerprint density at radius 1 is 0.941 bits per heavy atom. The number of para-hydroxylation sites is 1. The van der Waals surface area contributed by atoms with Gasteiger partial charge in [-0.05, 0) is 62.6 Å². The highest BCUT2D eigenvalue weighted by molar-refractivity contribution is 7.87. The van der Waals surface area contributed by atoms with Crippen molar-refractivity contribution in [3.05, 3.63) is 64.8 Å². The molecule has 2 aromatic carbocycles. The summed E-state index contributed by atoms with van der Waals surface area (Å²) in [6.07, 6.45) is 1.74. The van der Waals surface area contributed by atoms with Gasteiger partial charge in [-0.2, -0.15) is 18.1 Å². The molecule has 34 heavy (non-hydrogen) atoms. The second kappa shape index (κ2) is 11.3. The van der Waals surface area contributed by atoms with Gasteiger partial charge in [-0.3, -0.25) is 0 Å². The van der Waals surface area contributed by atoms with E-state index in [1.54, 1.807) is 13.1 Å². The first-order valence-corrected chi connectivity index (χ1v) is 12.6. The van der Waals surface area contributed by atoms with E-state index in [1.165, 1.54) is 0 Å². The molecule has 0 amide bonds. The van der Waals surface area contributed by atoms with Gasteiger partial charge < -0.3 is 15.4 Å². The molecule has 0 aliphatic carbocycles. The predicted molar refractivity (Wildman–Crippen MR) is 136 cm³/mol. The Morgan fingerprint density at radius 2 is 1.65 bits per heavy atom. The Balaban J connectivity index is 1.81. The third-order valence-electron chi connectivity index (χ3n) is 5.03. The van der Waals surface area contributed by atoms with Crippen LogP contribution in [0.15, 0.2) is 42.6 Å². The van der Waals surface area contributed by atoms with Gasteiger partial charge in [-0.25, -0.2) is 9.71 Å². The third kappa shape index (κ3) is 6.66. The lowest BCUT2D eigenvalue weighted by atomic mass is 10.1. The molecule has 3 rings (SSSR count). The van der Waals surface area contributed by atoms with Crippen LogP contribution in [0.5, 0.6) is 5.75 Å². The van der Waals surface area contributed by atoms with Gasteiger partial charge in [0.2, 0.25) is 5.95 Å². The number of rotatable bonds is 11. The molecule has 4 N–H and O–H groups in total. The molecule has 0 aliphatic rings.